The third kappa shape index (κ3) is 3.27. The first-order valence-corrected chi connectivity index (χ1v) is 7.69. The van der Waals surface area contributed by atoms with Crippen molar-refractivity contribution in [3.05, 3.63) is 0 Å². The maximum absolute atomic E-state index is 11.9. The lowest BCUT2D eigenvalue weighted by Gasteiger charge is -2.42. The molecule has 0 radical (unpaired) electrons. The third-order valence-electron chi connectivity index (χ3n) is 4.59. The highest BCUT2D eigenvalue weighted by Crippen LogP contribution is 2.21. The van der Waals surface area contributed by atoms with Crippen molar-refractivity contribution < 1.29 is 9.53 Å². The van der Waals surface area contributed by atoms with Gasteiger partial charge in [-0.1, -0.05) is 6.42 Å². The van der Waals surface area contributed by atoms with Crippen LogP contribution in [0.1, 0.15) is 32.1 Å². The molecule has 5 heteroatoms. The molecule has 3 saturated heterocycles. The zero-order valence-electron chi connectivity index (χ0n) is 11.6. The fourth-order valence-electron chi connectivity index (χ4n) is 3.42. The minimum absolute atomic E-state index is 0.0197. The smallest absolute Gasteiger partial charge is 0.237 e. The van der Waals surface area contributed by atoms with Crippen molar-refractivity contribution in [3.8, 4) is 0 Å². The zero-order chi connectivity index (χ0) is 13.1. The largest absolute Gasteiger partial charge is 0.373 e. The summed E-state index contributed by atoms with van der Waals surface area (Å²) in [7, 11) is 0. The summed E-state index contributed by atoms with van der Waals surface area (Å²) in [4.78, 5) is 14.5. The van der Waals surface area contributed by atoms with Crippen LogP contribution in [0.25, 0.3) is 0 Å². The quantitative estimate of drug-likeness (QED) is 0.762. The Morgan fingerprint density at radius 2 is 2.26 bits per heavy atom. The van der Waals surface area contributed by atoms with Crippen molar-refractivity contribution in [3.63, 3.8) is 0 Å². The Morgan fingerprint density at radius 3 is 3.11 bits per heavy atom. The van der Waals surface area contributed by atoms with Gasteiger partial charge in [0.2, 0.25) is 5.91 Å². The molecule has 19 heavy (non-hydrogen) atoms. The molecule has 3 fully saturated rings. The van der Waals surface area contributed by atoms with E-state index in [1.807, 2.05) is 0 Å². The van der Waals surface area contributed by atoms with Gasteiger partial charge < -0.3 is 15.4 Å². The molecule has 0 bridgehead atoms. The van der Waals surface area contributed by atoms with Gasteiger partial charge in [0.05, 0.1) is 18.8 Å². The van der Waals surface area contributed by atoms with Crippen molar-refractivity contribution in [1.82, 2.24) is 15.5 Å². The molecule has 5 nitrogen and oxygen atoms in total. The standard InChI is InChI=1S/C14H25N3O2/c18-14(13-5-3-6-15-13)16-8-12-9-17-7-2-1-4-11(17)10-19-12/h11-13,15H,1-10H2,(H,16,18)/t11-,12-,13+/m1/s1. The lowest BCUT2D eigenvalue weighted by Crippen LogP contribution is -2.55. The molecule has 2 N–H and O–H groups in total. The fourth-order valence-corrected chi connectivity index (χ4v) is 3.42. The number of carbonyl (C=O) groups excluding carboxylic acids is 1. The summed E-state index contributed by atoms with van der Waals surface area (Å²) in [5, 5.41) is 6.26. The van der Waals surface area contributed by atoms with Crippen LogP contribution in [0.2, 0.25) is 0 Å². The third-order valence-corrected chi connectivity index (χ3v) is 4.59. The first kappa shape index (κ1) is 13.3. The molecule has 1 amide bonds. The molecule has 0 aliphatic carbocycles. The van der Waals surface area contributed by atoms with E-state index in [2.05, 4.69) is 15.5 Å². The van der Waals surface area contributed by atoms with Gasteiger partial charge in [-0.3, -0.25) is 9.69 Å². The number of morpholine rings is 1. The highest BCUT2D eigenvalue weighted by molar-refractivity contribution is 5.82. The second kappa shape index (κ2) is 6.20. The molecular weight excluding hydrogens is 242 g/mol. The summed E-state index contributed by atoms with van der Waals surface area (Å²) < 4.78 is 5.88. The van der Waals surface area contributed by atoms with Crippen LogP contribution in [-0.2, 0) is 9.53 Å². The lowest BCUT2D eigenvalue weighted by molar-refractivity contribution is -0.124. The normalized spacial score (nSPS) is 35.9. The second-order valence-corrected chi connectivity index (χ2v) is 5.99. The molecule has 3 aliphatic heterocycles. The van der Waals surface area contributed by atoms with Gasteiger partial charge >= 0.3 is 0 Å². The number of nitrogens with one attached hydrogen (secondary N) is 2. The fraction of sp³-hybridized carbons (Fsp3) is 0.929. The summed E-state index contributed by atoms with van der Waals surface area (Å²) in [5.74, 6) is 0.141. The summed E-state index contributed by atoms with van der Waals surface area (Å²) >= 11 is 0. The van der Waals surface area contributed by atoms with Gasteiger partial charge in [0.1, 0.15) is 0 Å². The number of hydrogen-bond acceptors (Lipinski definition) is 4. The van der Waals surface area contributed by atoms with Crippen molar-refractivity contribution in [2.75, 3.05) is 32.8 Å². The first-order chi connectivity index (χ1) is 9.33. The van der Waals surface area contributed by atoms with E-state index in [1.165, 1.54) is 25.8 Å². The van der Waals surface area contributed by atoms with Crippen molar-refractivity contribution in [1.29, 1.82) is 0 Å². The molecule has 3 heterocycles. The predicted molar refractivity (Wildman–Crippen MR) is 73.0 cm³/mol. The monoisotopic (exact) mass is 267 g/mol. The van der Waals surface area contributed by atoms with Gasteiger partial charge in [-0.05, 0) is 38.8 Å². The molecule has 0 aromatic carbocycles. The Morgan fingerprint density at radius 1 is 1.32 bits per heavy atom. The number of hydrogen-bond donors (Lipinski definition) is 2. The van der Waals surface area contributed by atoms with Crippen LogP contribution < -0.4 is 10.6 Å². The number of ether oxygens (including phenoxy) is 1. The van der Waals surface area contributed by atoms with Gasteiger partial charge in [0, 0.05) is 19.1 Å². The van der Waals surface area contributed by atoms with E-state index in [9.17, 15) is 4.79 Å². The number of nitrogens with zero attached hydrogens (tertiary/aromatic N) is 1. The van der Waals surface area contributed by atoms with Crippen molar-refractivity contribution in [2.45, 2.75) is 50.3 Å². The van der Waals surface area contributed by atoms with E-state index in [-0.39, 0.29) is 18.1 Å². The average Bonchev–Trinajstić information content (AvgIpc) is 2.99. The summed E-state index contributed by atoms with van der Waals surface area (Å²) in [6, 6.07) is 0.642. The molecule has 0 saturated carbocycles. The lowest BCUT2D eigenvalue weighted by atomic mass is 10.0. The van der Waals surface area contributed by atoms with Crippen LogP contribution in [0.4, 0.5) is 0 Å². The number of piperidine rings is 1. The maximum Gasteiger partial charge on any atom is 0.237 e. The second-order valence-electron chi connectivity index (χ2n) is 5.99. The van der Waals surface area contributed by atoms with Gasteiger partial charge in [-0.25, -0.2) is 0 Å². The van der Waals surface area contributed by atoms with E-state index in [1.54, 1.807) is 0 Å². The Labute approximate surface area is 115 Å². The van der Waals surface area contributed by atoms with Crippen LogP contribution >= 0.6 is 0 Å². The summed E-state index contributed by atoms with van der Waals surface area (Å²) in [6.45, 7) is 4.63. The highest BCUT2D eigenvalue weighted by Gasteiger charge is 2.31. The molecule has 3 rings (SSSR count). The molecule has 0 unspecified atom stereocenters. The Bertz CT molecular complexity index is 318. The van der Waals surface area contributed by atoms with Crippen molar-refractivity contribution in [2.24, 2.45) is 0 Å². The predicted octanol–water partition coefficient (Wildman–Crippen LogP) is 0.108. The van der Waals surface area contributed by atoms with E-state index in [4.69, 9.17) is 4.74 Å². The van der Waals surface area contributed by atoms with Gasteiger partial charge in [0.15, 0.2) is 0 Å². The number of rotatable bonds is 3. The van der Waals surface area contributed by atoms with Crippen LogP contribution in [0.15, 0.2) is 0 Å². The SMILES string of the molecule is O=C(NC[C@@H]1CN2CCCC[C@@H]2CO1)[C@@H]1CCCN1. The zero-order valence-corrected chi connectivity index (χ0v) is 11.6. The molecule has 0 aromatic heterocycles. The Hall–Kier alpha value is -0.650. The molecule has 3 atom stereocenters. The minimum Gasteiger partial charge on any atom is -0.373 e. The molecule has 0 aromatic rings. The van der Waals surface area contributed by atoms with Crippen LogP contribution in [-0.4, -0.2) is 61.8 Å². The average molecular weight is 267 g/mol. The van der Waals surface area contributed by atoms with Crippen LogP contribution in [0.5, 0.6) is 0 Å². The Balaban J connectivity index is 1.41. The minimum atomic E-state index is 0.0197. The van der Waals surface area contributed by atoms with Crippen LogP contribution in [0.3, 0.4) is 0 Å². The van der Waals surface area contributed by atoms with E-state index < -0.39 is 0 Å². The number of fused-ring (bicyclic) bond motifs is 1. The maximum atomic E-state index is 11.9. The molecule has 0 spiro atoms. The molecular formula is C14H25N3O2. The van der Waals surface area contributed by atoms with Crippen molar-refractivity contribution >= 4 is 5.91 Å². The molecule has 108 valence electrons. The van der Waals surface area contributed by atoms with Gasteiger partial charge in [-0.2, -0.15) is 0 Å². The highest BCUT2D eigenvalue weighted by atomic mass is 16.5. The first-order valence-electron chi connectivity index (χ1n) is 7.69. The van der Waals surface area contributed by atoms with E-state index in [0.717, 1.165) is 32.5 Å². The van der Waals surface area contributed by atoms with Gasteiger partial charge in [0.25, 0.3) is 0 Å². The Kier molecular flexibility index (Phi) is 4.35. The van der Waals surface area contributed by atoms with E-state index >= 15 is 0 Å². The van der Waals surface area contributed by atoms with Crippen LogP contribution in [0, 0.1) is 0 Å². The topological polar surface area (TPSA) is 53.6 Å². The van der Waals surface area contributed by atoms with Gasteiger partial charge in [-0.15, -0.1) is 0 Å². The number of amides is 1. The van der Waals surface area contributed by atoms with E-state index in [0.29, 0.717) is 12.6 Å². The molecule has 3 aliphatic rings. The number of carbonyl (C=O) groups is 1. The summed E-state index contributed by atoms with van der Waals surface area (Å²) in [5.41, 5.74) is 0. The summed E-state index contributed by atoms with van der Waals surface area (Å²) in [6.07, 6.45) is 6.14.